The summed E-state index contributed by atoms with van der Waals surface area (Å²) < 4.78 is 44.2. The first-order chi connectivity index (χ1) is 9.50. The van der Waals surface area contributed by atoms with Crippen molar-refractivity contribution in [3.8, 4) is 5.75 Å². The number of halogens is 3. The highest BCUT2D eigenvalue weighted by Gasteiger charge is 2.35. The molecule has 5 heteroatoms. The minimum absolute atomic E-state index is 0.0545. The van der Waals surface area contributed by atoms with Crippen molar-refractivity contribution in [3.63, 3.8) is 0 Å². The lowest BCUT2D eigenvalue weighted by Gasteiger charge is -2.18. The molecule has 0 amide bonds. The van der Waals surface area contributed by atoms with E-state index < -0.39 is 11.7 Å². The van der Waals surface area contributed by atoms with Gasteiger partial charge < -0.3 is 10.1 Å². The Hall–Kier alpha value is -1.23. The van der Waals surface area contributed by atoms with Crippen molar-refractivity contribution in [2.24, 2.45) is 0 Å². The van der Waals surface area contributed by atoms with Crippen molar-refractivity contribution in [2.45, 2.75) is 50.9 Å². The molecule has 2 nitrogen and oxygen atoms in total. The Morgan fingerprint density at radius 2 is 2.00 bits per heavy atom. The minimum Gasteiger partial charge on any atom is -0.490 e. The Morgan fingerprint density at radius 1 is 1.25 bits per heavy atom. The molecule has 0 saturated heterocycles. The molecule has 20 heavy (non-hydrogen) atoms. The van der Waals surface area contributed by atoms with Gasteiger partial charge in [0.2, 0.25) is 0 Å². The second-order valence-electron chi connectivity index (χ2n) is 5.20. The van der Waals surface area contributed by atoms with Crippen LogP contribution < -0.4 is 10.1 Å². The molecule has 2 atom stereocenters. The number of ether oxygens (including phenoxy) is 1. The highest BCUT2D eigenvalue weighted by atomic mass is 19.4. The largest absolute Gasteiger partial charge is 0.490 e. The van der Waals surface area contributed by atoms with Crippen molar-refractivity contribution < 1.29 is 17.9 Å². The number of benzene rings is 1. The zero-order valence-corrected chi connectivity index (χ0v) is 11.5. The van der Waals surface area contributed by atoms with Gasteiger partial charge in [-0.15, -0.1) is 0 Å². The van der Waals surface area contributed by atoms with Crippen LogP contribution in [0.25, 0.3) is 0 Å². The van der Waals surface area contributed by atoms with Gasteiger partial charge in [-0.1, -0.05) is 19.1 Å². The van der Waals surface area contributed by atoms with Gasteiger partial charge in [0.25, 0.3) is 0 Å². The van der Waals surface area contributed by atoms with Crippen LogP contribution in [0.5, 0.6) is 5.75 Å². The van der Waals surface area contributed by atoms with Crippen molar-refractivity contribution in [3.05, 3.63) is 29.8 Å². The van der Waals surface area contributed by atoms with E-state index in [0.717, 1.165) is 38.3 Å². The maximum atomic E-state index is 12.9. The lowest BCUT2D eigenvalue weighted by molar-refractivity contribution is -0.139. The Labute approximate surface area is 117 Å². The summed E-state index contributed by atoms with van der Waals surface area (Å²) in [6.07, 6.45) is -0.917. The van der Waals surface area contributed by atoms with Crippen molar-refractivity contribution in [1.82, 2.24) is 5.32 Å². The molecule has 1 fully saturated rings. The van der Waals surface area contributed by atoms with E-state index >= 15 is 0 Å². The lowest BCUT2D eigenvalue weighted by Crippen LogP contribution is -2.28. The first-order valence-electron chi connectivity index (χ1n) is 7.07. The molecule has 0 radical (unpaired) electrons. The highest BCUT2D eigenvalue weighted by Crippen LogP contribution is 2.37. The normalized spacial score (nSPS) is 23.0. The molecule has 1 aliphatic rings. The van der Waals surface area contributed by atoms with Crippen LogP contribution in [0.2, 0.25) is 0 Å². The molecule has 1 aromatic carbocycles. The van der Waals surface area contributed by atoms with E-state index in [2.05, 4.69) is 12.2 Å². The third kappa shape index (κ3) is 3.88. The minimum atomic E-state index is -4.37. The summed E-state index contributed by atoms with van der Waals surface area (Å²) in [5.74, 6) is -0.0545. The fourth-order valence-electron chi connectivity index (χ4n) is 2.56. The molecule has 0 heterocycles. The molecule has 0 bridgehead atoms. The van der Waals surface area contributed by atoms with Gasteiger partial charge in [0, 0.05) is 6.04 Å². The van der Waals surface area contributed by atoms with E-state index in [1.165, 1.54) is 12.1 Å². The van der Waals surface area contributed by atoms with Gasteiger partial charge in [-0.25, -0.2) is 0 Å². The maximum Gasteiger partial charge on any atom is 0.419 e. The third-order valence-corrected chi connectivity index (χ3v) is 3.55. The maximum absolute atomic E-state index is 12.9. The van der Waals surface area contributed by atoms with Gasteiger partial charge in [0.15, 0.2) is 0 Å². The van der Waals surface area contributed by atoms with Gasteiger partial charge in [0.1, 0.15) is 11.9 Å². The van der Waals surface area contributed by atoms with E-state index in [1.54, 1.807) is 6.07 Å². The van der Waals surface area contributed by atoms with E-state index in [1.807, 2.05) is 0 Å². The molecule has 112 valence electrons. The number of nitrogens with one attached hydrogen (secondary N) is 1. The van der Waals surface area contributed by atoms with Crippen LogP contribution in [-0.2, 0) is 6.18 Å². The number of hydrogen-bond donors (Lipinski definition) is 1. The van der Waals surface area contributed by atoms with Crippen LogP contribution in [0.3, 0.4) is 0 Å². The predicted molar refractivity (Wildman–Crippen MR) is 71.8 cm³/mol. The van der Waals surface area contributed by atoms with Gasteiger partial charge in [0.05, 0.1) is 5.56 Å². The van der Waals surface area contributed by atoms with Crippen LogP contribution in [0.15, 0.2) is 24.3 Å². The molecule has 0 aliphatic heterocycles. The molecule has 0 aromatic heterocycles. The zero-order chi connectivity index (χ0) is 14.6. The molecule has 2 rings (SSSR count). The predicted octanol–water partition coefficient (Wildman–Crippen LogP) is 4.00. The van der Waals surface area contributed by atoms with Gasteiger partial charge in [-0.3, -0.25) is 0 Å². The average Bonchev–Trinajstić information content (AvgIpc) is 2.83. The van der Waals surface area contributed by atoms with Crippen LogP contribution in [0.4, 0.5) is 13.2 Å². The monoisotopic (exact) mass is 287 g/mol. The Morgan fingerprint density at radius 3 is 2.70 bits per heavy atom. The van der Waals surface area contributed by atoms with Crippen molar-refractivity contribution in [1.29, 1.82) is 0 Å². The standard InChI is InChI=1S/C15H20F3NO/c1-2-9-19-11-7-8-12(10-11)20-14-6-4-3-5-13(14)15(16,17)18/h3-6,11-12,19H,2,7-10H2,1H3. The molecular formula is C15H20F3NO. The number of alkyl halides is 3. The second kappa shape index (κ2) is 6.48. The summed E-state index contributed by atoms with van der Waals surface area (Å²) in [4.78, 5) is 0. The van der Waals surface area contributed by atoms with E-state index in [0.29, 0.717) is 6.04 Å². The van der Waals surface area contributed by atoms with Crippen LogP contribution in [0, 0.1) is 0 Å². The van der Waals surface area contributed by atoms with Gasteiger partial charge >= 0.3 is 6.18 Å². The van der Waals surface area contributed by atoms with E-state index in [-0.39, 0.29) is 11.9 Å². The molecule has 1 aliphatic carbocycles. The highest BCUT2D eigenvalue weighted by molar-refractivity contribution is 5.35. The third-order valence-electron chi connectivity index (χ3n) is 3.55. The molecular weight excluding hydrogens is 267 g/mol. The van der Waals surface area contributed by atoms with Crippen LogP contribution >= 0.6 is 0 Å². The second-order valence-corrected chi connectivity index (χ2v) is 5.20. The fraction of sp³-hybridized carbons (Fsp3) is 0.600. The Bertz CT molecular complexity index is 433. The van der Waals surface area contributed by atoms with Crippen LogP contribution in [0.1, 0.15) is 38.2 Å². The summed E-state index contributed by atoms with van der Waals surface area (Å²) >= 11 is 0. The summed E-state index contributed by atoms with van der Waals surface area (Å²) in [5.41, 5.74) is -0.690. The number of rotatable bonds is 5. The Balaban J connectivity index is 1.98. The first kappa shape index (κ1) is 15.2. The summed E-state index contributed by atoms with van der Waals surface area (Å²) in [7, 11) is 0. The SMILES string of the molecule is CCCNC1CCC(Oc2ccccc2C(F)(F)F)C1. The molecule has 1 saturated carbocycles. The summed E-state index contributed by atoms with van der Waals surface area (Å²) in [6.45, 7) is 3.03. The van der Waals surface area contributed by atoms with E-state index in [4.69, 9.17) is 4.74 Å². The summed E-state index contributed by atoms with van der Waals surface area (Å²) in [5, 5.41) is 3.39. The first-order valence-corrected chi connectivity index (χ1v) is 7.07. The fourth-order valence-corrected chi connectivity index (χ4v) is 2.56. The topological polar surface area (TPSA) is 21.3 Å². The number of hydrogen-bond acceptors (Lipinski definition) is 2. The molecule has 0 spiro atoms. The summed E-state index contributed by atoms with van der Waals surface area (Å²) in [6, 6.07) is 5.78. The van der Waals surface area contributed by atoms with Gasteiger partial charge in [-0.2, -0.15) is 13.2 Å². The lowest BCUT2D eigenvalue weighted by atomic mass is 10.2. The van der Waals surface area contributed by atoms with E-state index in [9.17, 15) is 13.2 Å². The molecule has 1 aromatic rings. The van der Waals surface area contributed by atoms with Crippen LogP contribution in [-0.4, -0.2) is 18.7 Å². The number of para-hydroxylation sites is 1. The van der Waals surface area contributed by atoms with Gasteiger partial charge in [-0.05, 0) is 44.4 Å². The van der Waals surface area contributed by atoms with Crippen molar-refractivity contribution >= 4 is 0 Å². The molecule has 2 unspecified atom stereocenters. The Kier molecular flexibility index (Phi) is 4.91. The molecule has 1 N–H and O–H groups in total. The van der Waals surface area contributed by atoms with Crippen molar-refractivity contribution in [2.75, 3.05) is 6.54 Å². The zero-order valence-electron chi connectivity index (χ0n) is 11.5. The average molecular weight is 287 g/mol. The quantitative estimate of drug-likeness (QED) is 0.883. The smallest absolute Gasteiger partial charge is 0.419 e.